The van der Waals surface area contributed by atoms with Gasteiger partial charge in [0.15, 0.2) is 0 Å². The Morgan fingerprint density at radius 2 is 2.17 bits per heavy atom. The van der Waals surface area contributed by atoms with Crippen LogP contribution in [0.25, 0.3) is 0 Å². The van der Waals surface area contributed by atoms with Crippen molar-refractivity contribution in [3.05, 3.63) is 28.3 Å². The number of carbonyl (C=O) groups is 1. The van der Waals surface area contributed by atoms with Gasteiger partial charge in [0.1, 0.15) is 11.4 Å². The van der Waals surface area contributed by atoms with Crippen LogP contribution in [0.4, 0.5) is 5.82 Å². The lowest BCUT2D eigenvalue weighted by Crippen LogP contribution is -2.57. The molecule has 0 radical (unpaired) electrons. The van der Waals surface area contributed by atoms with Crippen LogP contribution >= 0.6 is 11.3 Å². The van der Waals surface area contributed by atoms with E-state index in [9.17, 15) is 4.79 Å². The second kappa shape index (κ2) is 6.90. The van der Waals surface area contributed by atoms with Crippen molar-refractivity contribution in [2.75, 3.05) is 25.5 Å². The van der Waals surface area contributed by atoms with Gasteiger partial charge in [-0.15, -0.1) is 11.3 Å². The summed E-state index contributed by atoms with van der Waals surface area (Å²) in [5.74, 6) is 0.905. The fourth-order valence-corrected chi connectivity index (χ4v) is 3.98. The van der Waals surface area contributed by atoms with Crippen molar-refractivity contribution in [2.24, 2.45) is 7.05 Å². The van der Waals surface area contributed by atoms with Crippen molar-refractivity contribution in [2.45, 2.75) is 31.8 Å². The van der Waals surface area contributed by atoms with E-state index in [-0.39, 0.29) is 5.91 Å². The van der Waals surface area contributed by atoms with Crippen molar-refractivity contribution in [3.8, 4) is 0 Å². The molecule has 7 nitrogen and oxygen atoms in total. The summed E-state index contributed by atoms with van der Waals surface area (Å²) in [4.78, 5) is 20.6. The number of aromatic nitrogens is 3. The van der Waals surface area contributed by atoms with E-state index in [4.69, 9.17) is 0 Å². The third-order valence-corrected chi connectivity index (χ3v) is 5.69. The van der Waals surface area contributed by atoms with Gasteiger partial charge < -0.3 is 10.6 Å². The van der Waals surface area contributed by atoms with Gasteiger partial charge in [-0.2, -0.15) is 5.10 Å². The topological polar surface area (TPSA) is 75.1 Å². The molecule has 3 heterocycles. The van der Waals surface area contributed by atoms with E-state index in [1.807, 2.05) is 18.6 Å². The highest BCUT2D eigenvalue weighted by molar-refractivity contribution is 7.09. The largest absolute Gasteiger partial charge is 0.357 e. The zero-order valence-electron chi connectivity index (χ0n) is 14.4. The molecule has 0 aromatic carbocycles. The van der Waals surface area contributed by atoms with Crippen LogP contribution in [0, 0.1) is 6.92 Å². The van der Waals surface area contributed by atoms with Gasteiger partial charge in [0.25, 0.3) is 0 Å². The average molecular weight is 348 g/mol. The minimum atomic E-state index is -0.582. The molecule has 3 rings (SSSR count). The highest BCUT2D eigenvalue weighted by atomic mass is 32.1. The number of aryl methyl sites for hydroxylation is 2. The Hall–Kier alpha value is -1.93. The van der Waals surface area contributed by atoms with Crippen molar-refractivity contribution in [1.82, 2.24) is 25.0 Å². The Bertz CT molecular complexity index is 701. The first-order valence-electron chi connectivity index (χ1n) is 8.14. The lowest BCUT2D eigenvalue weighted by molar-refractivity contribution is -0.126. The molecule has 0 bridgehead atoms. The summed E-state index contributed by atoms with van der Waals surface area (Å²) in [6.07, 6.45) is 3.26. The molecular formula is C16H24N6OS. The molecule has 130 valence electrons. The maximum absolute atomic E-state index is 12.6. The zero-order chi connectivity index (χ0) is 17.2. The highest BCUT2D eigenvalue weighted by Crippen LogP contribution is 2.29. The number of anilines is 1. The first-order valence-corrected chi connectivity index (χ1v) is 9.02. The van der Waals surface area contributed by atoms with Gasteiger partial charge in [0, 0.05) is 44.7 Å². The van der Waals surface area contributed by atoms with E-state index in [1.54, 1.807) is 29.3 Å². The minimum Gasteiger partial charge on any atom is -0.357 e. The first-order chi connectivity index (χ1) is 11.5. The second-order valence-electron chi connectivity index (χ2n) is 6.26. The van der Waals surface area contributed by atoms with Crippen LogP contribution in [0.2, 0.25) is 0 Å². The molecule has 0 unspecified atom stereocenters. The molecule has 0 saturated carbocycles. The Morgan fingerprint density at radius 3 is 2.71 bits per heavy atom. The second-order valence-corrected chi connectivity index (χ2v) is 7.20. The van der Waals surface area contributed by atoms with E-state index in [0.717, 1.165) is 44.0 Å². The van der Waals surface area contributed by atoms with Gasteiger partial charge in [0.2, 0.25) is 5.91 Å². The van der Waals surface area contributed by atoms with E-state index in [0.29, 0.717) is 0 Å². The summed E-state index contributed by atoms with van der Waals surface area (Å²) < 4.78 is 1.76. The monoisotopic (exact) mass is 348 g/mol. The van der Waals surface area contributed by atoms with Gasteiger partial charge in [-0.1, -0.05) is 0 Å². The summed E-state index contributed by atoms with van der Waals surface area (Å²) in [6.45, 7) is 4.70. The van der Waals surface area contributed by atoms with E-state index >= 15 is 0 Å². The summed E-state index contributed by atoms with van der Waals surface area (Å²) in [6, 6.07) is 1.90. The molecule has 1 fully saturated rings. The number of likely N-dealkylation sites (N-methyl/N-ethyl adjacent to an activating group) is 1. The lowest BCUT2D eigenvalue weighted by atomic mass is 9.86. The maximum Gasteiger partial charge on any atom is 0.245 e. The molecule has 24 heavy (non-hydrogen) atoms. The first kappa shape index (κ1) is 16.9. The predicted molar refractivity (Wildman–Crippen MR) is 95.0 cm³/mol. The third-order valence-electron chi connectivity index (χ3n) is 4.77. The van der Waals surface area contributed by atoms with Crippen molar-refractivity contribution < 1.29 is 4.79 Å². The number of nitrogens with one attached hydrogen (secondary N) is 2. The molecule has 2 N–H and O–H groups in total. The number of thiazole rings is 1. The number of rotatable bonds is 5. The smallest absolute Gasteiger partial charge is 0.245 e. The summed E-state index contributed by atoms with van der Waals surface area (Å²) >= 11 is 1.70. The number of nitrogens with zero attached hydrogens (tertiary/aromatic N) is 4. The quantitative estimate of drug-likeness (QED) is 0.854. The molecule has 1 amide bonds. The maximum atomic E-state index is 12.6. The van der Waals surface area contributed by atoms with Crippen molar-refractivity contribution >= 4 is 23.1 Å². The van der Waals surface area contributed by atoms with Gasteiger partial charge in [-0.05, 0) is 19.8 Å². The third kappa shape index (κ3) is 3.29. The van der Waals surface area contributed by atoms with Crippen LogP contribution in [0.5, 0.6) is 0 Å². The normalized spacial score (nSPS) is 17.6. The number of carbonyl (C=O) groups excluding carboxylic acids is 1. The van der Waals surface area contributed by atoms with Crippen LogP contribution < -0.4 is 10.6 Å². The fourth-order valence-electron chi connectivity index (χ4n) is 3.16. The van der Waals surface area contributed by atoms with E-state index in [1.165, 1.54) is 4.88 Å². The average Bonchev–Trinajstić information content (AvgIpc) is 3.17. The predicted octanol–water partition coefficient (Wildman–Crippen LogP) is 1.38. The molecule has 1 aliphatic rings. The van der Waals surface area contributed by atoms with Crippen molar-refractivity contribution in [3.63, 3.8) is 0 Å². The molecule has 0 atom stereocenters. The van der Waals surface area contributed by atoms with Gasteiger partial charge in [-0.25, -0.2) is 4.98 Å². The fraction of sp³-hybridized carbons (Fsp3) is 0.562. The zero-order valence-corrected chi connectivity index (χ0v) is 15.2. The molecular weight excluding hydrogens is 324 g/mol. The van der Waals surface area contributed by atoms with E-state index in [2.05, 4.69) is 32.5 Å². The number of likely N-dealkylation sites (tertiary alicyclic amines) is 1. The summed E-state index contributed by atoms with van der Waals surface area (Å²) in [7, 11) is 3.57. The highest BCUT2D eigenvalue weighted by Gasteiger charge is 2.41. The van der Waals surface area contributed by atoms with Crippen molar-refractivity contribution in [1.29, 1.82) is 0 Å². The van der Waals surface area contributed by atoms with Gasteiger partial charge in [0.05, 0.1) is 17.4 Å². The number of hydrogen-bond acceptors (Lipinski definition) is 6. The Labute approximate surface area is 146 Å². The van der Waals surface area contributed by atoms with Crippen LogP contribution in [-0.4, -0.2) is 51.2 Å². The molecule has 0 spiro atoms. The van der Waals surface area contributed by atoms with Crippen LogP contribution in [0.1, 0.15) is 23.4 Å². The summed E-state index contributed by atoms with van der Waals surface area (Å²) in [5.41, 5.74) is 2.42. The molecule has 8 heteroatoms. The van der Waals surface area contributed by atoms with Crippen LogP contribution in [-0.2, 0) is 18.4 Å². The van der Waals surface area contributed by atoms with Crippen LogP contribution in [0.15, 0.2) is 17.8 Å². The SMILES string of the molecule is CNC(=O)C1(Nc2ccnn2C)CCN(Cc2scnc2C)CC1. The number of hydrogen-bond donors (Lipinski definition) is 2. The van der Waals surface area contributed by atoms with Crippen LogP contribution in [0.3, 0.4) is 0 Å². The molecule has 2 aromatic rings. The lowest BCUT2D eigenvalue weighted by Gasteiger charge is -2.41. The summed E-state index contributed by atoms with van der Waals surface area (Å²) in [5, 5.41) is 10.4. The molecule has 1 saturated heterocycles. The Morgan fingerprint density at radius 1 is 1.42 bits per heavy atom. The molecule has 2 aromatic heterocycles. The van der Waals surface area contributed by atoms with E-state index < -0.39 is 5.54 Å². The van der Waals surface area contributed by atoms with Gasteiger partial charge >= 0.3 is 0 Å². The molecule has 1 aliphatic heterocycles. The number of amides is 1. The Kier molecular flexibility index (Phi) is 4.86. The Balaban J connectivity index is 1.70. The number of piperidine rings is 1. The minimum absolute atomic E-state index is 0.0392. The van der Waals surface area contributed by atoms with Gasteiger partial charge in [-0.3, -0.25) is 14.4 Å². The molecule has 0 aliphatic carbocycles. The standard InChI is InChI=1S/C16H24N6OS/c1-12-13(24-11-18-12)10-22-8-5-16(6-9-22,15(23)17-2)20-14-4-7-19-21(14)3/h4,7,11,20H,5-6,8-10H2,1-3H3,(H,17,23).